The fourth-order valence-corrected chi connectivity index (χ4v) is 4.70. The summed E-state index contributed by atoms with van der Waals surface area (Å²) in [6.45, 7) is 4.81. The Balaban J connectivity index is 1.27. The number of piperidine rings is 2. The Morgan fingerprint density at radius 3 is 2.62 bits per heavy atom. The first-order valence-corrected chi connectivity index (χ1v) is 11.6. The molecule has 2 saturated heterocycles. The standard InChI is InChI=1S/C24H29N7O/c32-22-13-21(28-23(29-22)20-8-2-3-9-25-20)19-7-6-10-30(17-19)16-18-14-26-24(27-15-18)31-11-4-1-5-12-31/h2-3,8-9,13-15,19H,1,4-7,10-12,16-17H2,(H,28,29,32)/t19-/m0/s1. The van der Waals surface area contributed by atoms with Crippen LogP contribution in [0.4, 0.5) is 5.95 Å². The molecular formula is C24H29N7O. The Labute approximate surface area is 187 Å². The zero-order valence-corrected chi connectivity index (χ0v) is 18.3. The molecule has 2 aliphatic heterocycles. The molecule has 0 saturated carbocycles. The summed E-state index contributed by atoms with van der Waals surface area (Å²) in [6, 6.07) is 7.25. The second-order valence-corrected chi connectivity index (χ2v) is 8.75. The van der Waals surface area contributed by atoms with E-state index in [9.17, 15) is 4.79 Å². The predicted molar refractivity (Wildman–Crippen MR) is 123 cm³/mol. The second-order valence-electron chi connectivity index (χ2n) is 8.75. The van der Waals surface area contributed by atoms with Gasteiger partial charge in [-0.15, -0.1) is 0 Å². The van der Waals surface area contributed by atoms with Crippen LogP contribution in [0.3, 0.4) is 0 Å². The summed E-state index contributed by atoms with van der Waals surface area (Å²) in [5.41, 5.74) is 2.52. The molecule has 3 aromatic rings. The fraction of sp³-hybridized carbons (Fsp3) is 0.458. The maximum absolute atomic E-state index is 12.3. The number of nitrogens with zero attached hydrogens (tertiary/aromatic N) is 6. The summed E-state index contributed by atoms with van der Waals surface area (Å²) in [6.07, 6.45) is 11.5. The van der Waals surface area contributed by atoms with Crippen molar-refractivity contribution >= 4 is 5.95 Å². The summed E-state index contributed by atoms with van der Waals surface area (Å²) >= 11 is 0. The quantitative estimate of drug-likeness (QED) is 0.664. The zero-order valence-electron chi connectivity index (χ0n) is 18.3. The predicted octanol–water partition coefficient (Wildman–Crippen LogP) is 2.99. The van der Waals surface area contributed by atoms with Crippen LogP contribution in [0.5, 0.6) is 0 Å². The second kappa shape index (κ2) is 9.56. The van der Waals surface area contributed by atoms with Gasteiger partial charge in [0, 0.05) is 62.3 Å². The molecule has 0 aromatic carbocycles. The molecule has 5 rings (SSSR count). The lowest BCUT2D eigenvalue weighted by molar-refractivity contribution is 0.198. The molecule has 0 spiro atoms. The third kappa shape index (κ3) is 4.85. The van der Waals surface area contributed by atoms with Crippen LogP contribution in [0.25, 0.3) is 11.5 Å². The summed E-state index contributed by atoms with van der Waals surface area (Å²) in [5.74, 6) is 1.61. The molecule has 0 unspecified atom stereocenters. The average molecular weight is 432 g/mol. The van der Waals surface area contributed by atoms with E-state index in [4.69, 9.17) is 4.98 Å². The minimum absolute atomic E-state index is 0.130. The summed E-state index contributed by atoms with van der Waals surface area (Å²) in [7, 11) is 0. The van der Waals surface area contributed by atoms with Gasteiger partial charge in [-0.3, -0.25) is 14.7 Å². The highest BCUT2D eigenvalue weighted by Gasteiger charge is 2.24. The Kier molecular flexibility index (Phi) is 6.20. The third-order valence-corrected chi connectivity index (χ3v) is 6.33. The van der Waals surface area contributed by atoms with Crippen molar-refractivity contribution < 1.29 is 0 Å². The molecule has 0 bridgehead atoms. The average Bonchev–Trinajstić information content (AvgIpc) is 2.85. The molecule has 2 aliphatic rings. The van der Waals surface area contributed by atoms with Gasteiger partial charge in [-0.1, -0.05) is 6.07 Å². The van der Waals surface area contributed by atoms with E-state index < -0.39 is 0 Å². The van der Waals surface area contributed by atoms with Gasteiger partial charge in [-0.25, -0.2) is 15.0 Å². The largest absolute Gasteiger partial charge is 0.341 e. The molecular weight excluding hydrogens is 402 g/mol. The summed E-state index contributed by atoms with van der Waals surface area (Å²) in [5, 5.41) is 0. The SMILES string of the molecule is O=c1cc([C@H]2CCCN(Cc3cnc(N4CCCCC4)nc3)C2)nc(-c2ccccn2)[nH]1. The number of anilines is 1. The first-order valence-electron chi connectivity index (χ1n) is 11.6. The van der Waals surface area contributed by atoms with Crippen molar-refractivity contribution in [1.82, 2.24) is 29.8 Å². The van der Waals surface area contributed by atoms with Crippen LogP contribution < -0.4 is 10.5 Å². The number of nitrogens with one attached hydrogen (secondary N) is 1. The number of H-pyrrole nitrogens is 1. The fourth-order valence-electron chi connectivity index (χ4n) is 4.70. The van der Waals surface area contributed by atoms with Crippen molar-refractivity contribution in [1.29, 1.82) is 0 Å². The number of likely N-dealkylation sites (tertiary alicyclic amines) is 1. The highest BCUT2D eigenvalue weighted by molar-refractivity contribution is 5.48. The molecule has 1 N–H and O–H groups in total. The molecule has 32 heavy (non-hydrogen) atoms. The lowest BCUT2D eigenvalue weighted by atomic mass is 9.94. The van der Waals surface area contributed by atoms with Crippen LogP contribution in [0.1, 0.15) is 49.3 Å². The highest BCUT2D eigenvalue weighted by Crippen LogP contribution is 2.27. The van der Waals surface area contributed by atoms with Crippen LogP contribution in [0.2, 0.25) is 0 Å². The molecule has 5 heterocycles. The minimum Gasteiger partial charge on any atom is -0.341 e. The van der Waals surface area contributed by atoms with Gasteiger partial charge in [0.05, 0.1) is 5.69 Å². The number of rotatable bonds is 5. The summed E-state index contributed by atoms with van der Waals surface area (Å²) < 4.78 is 0. The first-order chi connectivity index (χ1) is 15.7. The molecule has 0 amide bonds. The van der Waals surface area contributed by atoms with Crippen molar-refractivity contribution in [3.05, 3.63) is 64.5 Å². The van der Waals surface area contributed by atoms with Crippen molar-refractivity contribution in [2.45, 2.75) is 44.6 Å². The number of hydrogen-bond donors (Lipinski definition) is 1. The molecule has 0 aliphatic carbocycles. The van der Waals surface area contributed by atoms with Crippen LogP contribution in [0, 0.1) is 0 Å². The Morgan fingerprint density at radius 2 is 1.84 bits per heavy atom. The van der Waals surface area contributed by atoms with E-state index in [2.05, 4.69) is 29.7 Å². The Bertz CT molecular complexity index is 1080. The molecule has 3 aromatic heterocycles. The van der Waals surface area contributed by atoms with Gasteiger partial charge in [0.1, 0.15) is 5.69 Å². The Hall–Kier alpha value is -3.13. The number of aromatic amines is 1. The van der Waals surface area contributed by atoms with Crippen LogP contribution in [-0.4, -0.2) is 56.0 Å². The molecule has 166 valence electrons. The zero-order chi connectivity index (χ0) is 21.8. The van der Waals surface area contributed by atoms with Gasteiger partial charge >= 0.3 is 0 Å². The Morgan fingerprint density at radius 1 is 1.00 bits per heavy atom. The van der Waals surface area contributed by atoms with E-state index >= 15 is 0 Å². The van der Waals surface area contributed by atoms with E-state index in [-0.39, 0.29) is 11.5 Å². The van der Waals surface area contributed by atoms with Gasteiger partial charge in [-0.05, 0) is 50.8 Å². The van der Waals surface area contributed by atoms with E-state index in [1.807, 2.05) is 30.6 Å². The van der Waals surface area contributed by atoms with Gasteiger partial charge in [0.2, 0.25) is 5.95 Å². The topological polar surface area (TPSA) is 90.9 Å². The van der Waals surface area contributed by atoms with Gasteiger partial charge in [-0.2, -0.15) is 0 Å². The van der Waals surface area contributed by atoms with E-state index in [0.29, 0.717) is 11.5 Å². The molecule has 8 heteroatoms. The van der Waals surface area contributed by atoms with E-state index in [1.165, 1.54) is 19.3 Å². The van der Waals surface area contributed by atoms with Crippen molar-refractivity contribution in [2.24, 2.45) is 0 Å². The van der Waals surface area contributed by atoms with Crippen LogP contribution >= 0.6 is 0 Å². The van der Waals surface area contributed by atoms with Crippen molar-refractivity contribution in [3.8, 4) is 11.5 Å². The maximum atomic E-state index is 12.3. The number of pyridine rings is 1. The maximum Gasteiger partial charge on any atom is 0.251 e. The first kappa shape index (κ1) is 20.8. The van der Waals surface area contributed by atoms with Crippen molar-refractivity contribution in [2.75, 3.05) is 31.1 Å². The highest BCUT2D eigenvalue weighted by atomic mass is 16.1. The van der Waals surface area contributed by atoms with Crippen molar-refractivity contribution in [3.63, 3.8) is 0 Å². The van der Waals surface area contributed by atoms with E-state index in [1.54, 1.807) is 12.3 Å². The molecule has 1 atom stereocenters. The molecule has 2 fully saturated rings. The third-order valence-electron chi connectivity index (χ3n) is 6.33. The lowest BCUT2D eigenvalue weighted by Gasteiger charge is -2.32. The molecule has 0 radical (unpaired) electrons. The lowest BCUT2D eigenvalue weighted by Crippen LogP contribution is -2.35. The van der Waals surface area contributed by atoms with Gasteiger partial charge < -0.3 is 9.88 Å². The van der Waals surface area contributed by atoms with E-state index in [0.717, 1.165) is 62.8 Å². The summed E-state index contributed by atoms with van der Waals surface area (Å²) in [4.78, 5) is 38.2. The normalized spacial score (nSPS) is 19.8. The van der Waals surface area contributed by atoms with Gasteiger partial charge in [0.25, 0.3) is 5.56 Å². The van der Waals surface area contributed by atoms with Crippen LogP contribution in [-0.2, 0) is 6.54 Å². The number of aromatic nitrogens is 5. The monoisotopic (exact) mass is 431 g/mol. The number of hydrogen-bond acceptors (Lipinski definition) is 7. The molecule has 8 nitrogen and oxygen atoms in total. The minimum atomic E-state index is -0.130. The van der Waals surface area contributed by atoms with Gasteiger partial charge in [0.15, 0.2) is 5.82 Å². The van der Waals surface area contributed by atoms with Crippen LogP contribution in [0.15, 0.2) is 47.7 Å². The smallest absolute Gasteiger partial charge is 0.251 e.